The molecule has 1 aromatic rings. The first-order chi connectivity index (χ1) is 9.96. The Kier molecular flexibility index (Phi) is 5.26. The third-order valence-electron chi connectivity index (χ3n) is 2.75. The number of rotatable bonds is 4. The van der Waals surface area contributed by atoms with Gasteiger partial charge in [-0.05, 0) is 22.0 Å². The number of carbonyl (C=O) groups excluding carboxylic acids is 1. The van der Waals surface area contributed by atoms with Crippen molar-refractivity contribution in [2.45, 2.75) is 10.6 Å². The molecule has 0 saturated heterocycles. The van der Waals surface area contributed by atoms with Gasteiger partial charge in [-0.1, -0.05) is 17.7 Å². The lowest BCUT2D eigenvalue weighted by Crippen LogP contribution is -2.50. The number of alkyl halides is 1. The molecule has 0 radical (unpaired) electrons. The summed E-state index contributed by atoms with van der Waals surface area (Å²) in [7, 11) is 3.09. The van der Waals surface area contributed by atoms with Crippen LogP contribution in [0.25, 0.3) is 0 Å². The van der Waals surface area contributed by atoms with Crippen molar-refractivity contribution in [2.24, 2.45) is 0 Å². The smallest absolute Gasteiger partial charge is 0.321 e. The highest BCUT2D eigenvalue weighted by Gasteiger charge is 2.37. The van der Waals surface area contributed by atoms with Crippen LogP contribution in [0.5, 0.6) is 0 Å². The van der Waals surface area contributed by atoms with E-state index in [-0.39, 0.29) is 0 Å². The molecule has 0 aromatic carbocycles. The maximum Gasteiger partial charge on any atom is 0.321 e. The molecule has 2 rings (SSSR count). The summed E-state index contributed by atoms with van der Waals surface area (Å²) >= 11 is 10.4. The molecule has 1 aliphatic carbocycles. The lowest BCUT2D eigenvalue weighted by molar-refractivity contribution is 0.0928. The highest BCUT2D eigenvalue weighted by Crippen LogP contribution is 2.31. The third kappa shape index (κ3) is 3.97. The van der Waals surface area contributed by atoms with Crippen LogP contribution < -0.4 is 10.6 Å². The van der Waals surface area contributed by atoms with Crippen LogP contribution in [0.3, 0.4) is 0 Å². The Labute approximate surface area is 139 Å². The second-order valence-electron chi connectivity index (χ2n) is 4.06. The first-order valence-corrected chi connectivity index (χ1v) is 7.89. The molecule has 2 N–H and O–H groups in total. The summed E-state index contributed by atoms with van der Waals surface area (Å²) in [5.74, 6) is 0.638. The van der Waals surface area contributed by atoms with E-state index >= 15 is 0 Å². The highest BCUT2D eigenvalue weighted by molar-refractivity contribution is 9.10. The summed E-state index contributed by atoms with van der Waals surface area (Å²) in [4.78, 5) is 15.9. The Bertz CT molecular complexity index is 592. The minimum absolute atomic E-state index is 0.340. The molecule has 0 fully saturated rings. The van der Waals surface area contributed by atoms with E-state index in [4.69, 9.17) is 21.1 Å². The van der Waals surface area contributed by atoms with E-state index in [1.807, 2.05) is 0 Å². The van der Waals surface area contributed by atoms with Gasteiger partial charge in [0, 0.05) is 18.6 Å². The Morgan fingerprint density at radius 1 is 1.57 bits per heavy atom. The van der Waals surface area contributed by atoms with Crippen LogP contribution in [0, 0.1) is 0 Å². The van der Waals surface area contributed by atoms with Crippen LogP contribution in [0.15, 0.2) is 29.4 Å². The monoisotopic (exact) mass is 393 g/mol. The third-order valence-corrected chi connectivity index (χ3v) is 4.87. The molecule has 9 heteroatoms. The van der Waals surface area contributed by atoms with Crippen LogP contribution >= 0.6 is 38.9 Å². The molecule has 1 heterocycles. The number of ether oxygens (including phenoxy) is 2. The van der Waals surface area contributed by atoms with E-state index in [1.54, 1.807) is 30.7 Å². The van der Waals surface area contributed by atoms with Crippen molar-refractivity contribution >= 4 is 50.0 Å². The number of hydrogen-bond donors (Lipinski definition) is 2. The fourth-order valence-electron chi connectivity index (χ4n) is 1.70. The fraction of sp³-hybridized carbons (Fsp3) is 0.333. The average molecular weight is 395 g/mol. The van der Waals surface area contributed by atoms with Gasteiger partial charge in [0.2, 0.25) is 0 Å². The van der Waals surface area contributed by atoms with Crippen molar-refractivity contribution < 1.29 is 14.3 Å². The Morgan fingerprint density at radius 2 is 2.33 bits per heavy atom. The Hall–Kier alpha value is -1.09. The number of nitrogens with zero attached hydrogens (tertiary/aromatic N) is 1. The molecule has 2 atom stereocenters. The summed E-state index contributed by atoms with van der Waals surface area (Å²) in [6.07, 6.45) is 5.26. The van der Waals surface area contributed by atoms with E-state index in [9.17, 15) is 4.79 Å². The van der Waals surface area contributed by atoms with Gasteiger partial charge in [-0.25, -0.2) is 9.78 Å². The minimum atomic E-state index is -0.884. The van der Waals surface area contributed by atoms with Gasteiger partial charge in [0.25, 0.3) is 0 Å². The van der Waals surface area contributed by atoms with Gasteiger partial charge in [-0.3, -0.25) is 5.32 Å². The van der Waals surface area contributed by atoms with Gasteiger partial charge < -0.3 is 14.8 Å². The van der Waals surface area contributed by atoms with Crippen molar-refractivity contribution in [1.82, 2.24) is 10.3 Å². The van der Waals surface area contributed by atoms with E-state index in [0.717, 1.165) is 0 Å². The first-order valence-electron chi connectivity index (χ1n) is 5.84. The number of aromatic nitrogens is 1. The molecular formula is C12H13BrClN3O3S. The summed E-state index contributed by atoms with van der Waals surface area (Å²) < 4.78 is 9.68. The Balaban J connectivity index is 2.03. The quantitative estimate of drug-likeness (QED) is 0.770. The van der Waals surface area contributed by atoms with Gasteiger partial charge in [0.1, 0.15) is 10.9 Å². The van der Waals surface area contributed by atoms with E-state index in [1.165, 1.54) is 18.4 Å². The zero-order valence-electron chi connectivity index (χ0n) is 11.2. The molecule has 0 spiro atoms. The van der Waals surface area contributed by atoms with Crippen molar-refractivity contribution in [3.05, 3.63) is 34.5 Å². The number of urea groups is 1. The van der Waals surface area contributed by atoms with Crippen LogP contribution in [0.4, 0.5) is 9.93 Å². The van der Waals surface area contributed by atoms with Crippen LogP contribution in [0.1, 0.15) is 0 Å². The first kappa shape index (κ1) is 16.3. The van der Waals surface area contributed by atoms with E-state index < -0.39 is 16.6 Å². The molecular weight excluding hydrogens is 382 g/mol. The summed E-state index contributed by atoms with van der Waals surface area (Å²) in [6.45, 7) is 0. The van der Waals surface area contributed by atoms with Gasteiger partial charge in [0.15, 0.2) is 9.64 Å². The SMILES string of the molecule is COC1=CC(Br)(OC)C(NC(=O)Nc2nc(Cl)cs2)C=C1. The van der Waals surface area contributed by atoms with Crippen LogP contribution in [-0.4, -0.2) is 35.8 Å². The fourth-order valence-corrected chi connectivity index (χ4v) is 3.02. The zero-order chi connectivity index (χ0) is 15.5. The van der Waals surface area contributed by atoms with Gasteiger partial charge in [-0.2, -0.15) is 0 Å². The zero-order valence-corrected chi connectivity index (χ0v) is 14.4. The van der Waals surface area contributed by atoms with Crippen LogP contribution in [0.2, 0.25) is 5.15 Å². The van der Waals surface area contributed by atoms with Crippen molar-refractivity contribution in [2.75, 3.05) is 19.5 Å². The average Bonchev–Trinajstić information content (AvgIpc) is 2.86. The topological polar surface area (TPSA) is 72.5 Å². The molecule has 0 bridgehead atoms. The van der Waals surface area contributed by atoms with Gasteiger partial charge >= 0.3 is 6.03 Å². The lowest BCUT2D eigenvalue weighted by Gasteiger charge is -2.33. The maximum absolute atomic E-state index is 12.0. The number of amides is 2. The van der Waals surface area contributed by atoms with Crippen molar-refractivity contribution in [3.8, 4) is 0 Å². The number of nitrogens with one attached hydrogen (secondary N) is 2. The molecule has 2 unspecified atom stereocenters. The number of methoxy groups -OCH3 is 2. The standard InChI is InChI=1S/C12H13BrClN3O3S/c1-19-7-3-4-8(12(13,5-7)20-2)15-10(18)17-11-16-9(14)6-21-11/h3-6,8H,1-2H3,(H2,15,16,17,18). The number of halogens is 2. The van der Waals surface area contributed by atoms with E-state index in [0.29, 0.717) is 16.0 Å². The molecule has 2 amide bonds. The largest absolute Gasteiger partial charge is 0.497 e. The van der Waals surface area contributed by atoms with E-state index in [2.05, 4.69) is 31.5 Å². The second-order valence-corrected chi connectivity index (χ2v) is 6.55. The molecule has 0 saturated carbocycles. The predicted octanol–water partition coefficient (Wildman–Crippen LogP) is 3.12. The minimum Gasteiger partial charge on any atom is -0.497 e. The molecule has 1 aromatic heterocycles. The highest BCUT2D eigenvalue weighted by atomic mass is 79.9. The number of anilines is 1. The molecule has 21 heavy (non-hydrogen) atoms. The number of allylic oxidation sites excluding steroid dienone is 1. The maximum atomic E-state index is 12.0. The summed E-state index contributed by atoms with van der Waals surface area (Å²) in [5, 5.41) is 7.78. The molecule has 1 aliphatic rings. The summed E-state index contributed by atoms with van der Waals surface area (Å²) in [5.41, 5.74) is 0. The molecule has 0 aliphatic heterocycles. The molecule has 114 valence electrons. The molecule has 6 nitrogen and oxygen atoms in total. The predicted molar refractivity (Wildman–Crippen MR) is 86.0 cm³/mol. The normalized spacial score (nSPS) is 24.4. The number of carbonyl (C=O) groups is 1. The lowest BCUT2D eigenvalue weighted by atomic mass is 10.0. The number of thiazole rings is 1. The number of hydrogen-bond acceptors (Lipinski definition) is 5. The van der Waals surface area contributed by atoms with Gasteiger partial charge in [-0.15, -0.1) is 11.3 Å². The van der Waals surface area contributed by atoms with Crippen LogP contribution in [-0.2, 0) is 9.47 Å². The van der Waals surface area contributed by atoms with Crippen molar-refractivity contribution in [1.29, 1.82) is 0 Å². The van der Waals surface area contributed by atoms with Crippen molar-refractivity contribution in [3.63, 3.8) is 0 Å². The van der Waals surface area contributed by atoms with Gasteiger partial charge in [0.05, 0.1) is 13.2 Å². The Morgan fingerprint density at radius 3 is 2.90 bits per heavy atom. The summed E-state index contributed by atoms with van der Waals surface area (Å²) in [6, 6.07) is -0.831. The second kappa shape index (κ2) is 6.78.